The smallest absolute Gasteiger partial charge is 0.127 e. The van der Waals surface area contributed by atoms with Crippen LogP contribution < -0.4 is 0 Å². The SMILES string of the molecule is Oc1cc(F)cc(-c2cncc3[nH]c(-c4n[nH]c5cnc(-c6cn[nH]c6)cc45)cc23)c1. The van der Waals surface area contributed by atoms with E-state index in [1.165, 1.54) is 12.1 Å². The van der Waals surface area contributed by atoms with Crippen LogP contribution in [-0.4, -0.2) is 40.5 Å². The summed E-state index contributed by atoms with van der Waals surface area (Å²) in [5.74, 6) is -0.652. The Morgan fingerprint density at radius 1 is 0.871 bits per heavy atom. The van der Waals surface area contributed by atoms with Crippen molar-refractivity contribution < 1.29 is 9.50 Å². The first kappa shape index (κ1) is 17.3. The zero-order valence-electron chi connectivity index (χ0n) is 15.9. The molecule has 0 bridgehead atoms. The van der Waals surface area contributed by atoms with E-state index in [9.17, 15) is 9.50 Å². The van der Waals surface area contributed by atoms with Crippen molar-refractivity contribution in [2.24, 2.45) is 0 Å². The molecule has 6 aromatic rings. The number of phenolic OH excluding ortho intramolecular Hbond substituents is 1. The van der Waals surface area contributed by atoms with E-state index in [4.69, 9.17) is 0 Å². The maximum atomic E-state index is 13.9. The predicted molar refractivity (Wildman–Crippen MR) is 114 cm³/mol. The van der Waals surface area contributed by atoms with Crippen LogP contribution in [0.5, 0.6) is 5.75 Å². The van der Waals surface area contributed by atoms with Crippen LogP contribution in [0.15, 0.2) is 61.3 Å². The topological polar surface area (TPSA) is 119 Å². The Kier molecular flexibility index (Phi) is 3.63. The van der Waals surface area contributed by atoms with Crippen molar-refractivity contribution in [3.05, 3.63) is 67.1 Å². The number of pyridine rings is 2. The first-order valence-corrected chi connectivity index (χ1v) is 9.46. The number of aromatic amines is 3. The summed E-state index contributed by atoms with van der Waals surface area (Å²) in [6.45, 7) is 0. The number of nitrogens with zero attached hydrogens (tertiary/aromatic N) is 4. The molecule has 0 radical (unpaired) electrons. The summed E-state index contributed by atoms with van der Waals surface area (Å²) in [5, 5.41) is 25.8. The molecule has 0 saturated heterocycles. The summed E-state index contributed by atoms with van der Waals surface area (Å²) in [5.41, 5.74) is 5.98. The van der Waals surface area contributed by atoms with E-state index in [1.807, 2.05) is 12.1 Å². The fourth-order valence-corrected chi connectivity index (χ4v) is 3.81. The molecule has 0 saturated carbocycles. The molecule has 8 nitrogen and oxygen atoms in total. The Balaban J connectivity index is 1.53. The lowest BCUT2D eigenvalue weighted by Gasteiger charge is -2.04. The molecule has 31 heavy (non-hydrogen) atoms. The second-order valence-corrected chi connectivity index (χ2v) is 7.20. The zero-order valence-corrected chi connectivity index (χ0v) is 15.9. The van der Waals surface area contributed by atoms with Gasteiger partial charge in [0, 0.05) is 40.4 Å². The molecule has 150 valence electrons. The molecule has 0 aliphatic rings. The van der Waals surface area contributed by atoms with E-state index in [0.29, 0.717) is 11.1 Å². The Hall–Kier alpha value is -4.53. The van der Waals surface area contributed by atoms with E-state index >= 15 is 0 Å². The fraction of sp³-hybridized carbons (Fsp3) is 0. The minimum absolute atomic E-state index is 0.139. The lowest BCUT2D eigenvalue weighted by molar-refractivity contribution is 0.469. The van der Waals surface area contributed by atoms with Crippen LogP contribution in [0.4, 0.5) is 4.39 Å². The summed E-state index contributed by atoms with van der Waals surface area (Å²) in [7, 11) is 0. The summed E-state index contributed by atoms with van der Waals surface area (Å²) >= 11 is 0. The minimum atomic E-state index is -0.514. The van der Waals surface area contributed by atoms with Gasteiger partial charge in [0.25, 0.3) is 0 Å². The van der Waals surface area contributed by atoms with E-state index in [1.54, 1.807) is 31.0 Å². The van der Waals surface area contributed by atoms with Crippen molar-refractivity contribution in [2.45, 2.75) is 0 Å². The highest BCUT2D eigenvalue weighted by Crippen LogP contribution is 2.35. The van der Waals surface area contributed by atoms with Gasteiger partial charge in [-0.3, -0.25) is 20.2 Å². The molecule has 1 aromatic carbocycles. The number of nitrogens with one attached hydrogen (secondary N) is 3. The largest absolute Gasteiger partial charge is 0.508 e. The van der Waals surface area contributed by atoms with E-state index in [2.05, 4.69) is 35.3 Å². The number of aromatic hydroxyl groups is 1. The number of aromatic nitrogens is 7. The van der Waals surface area contributed by atoms with Crippen LogP contribution >= 0.6 is 0 Å². The highest BCUT2D eigenvalue weighted by molar-refractivity contribution is 6.01. The average molecular weight is 411 g/mol. The van der Waals surface area contributed by atoms with Crippen LogP contribution in [0.3, 0.4) is 0 Å². The number of H-pyrrole nitrogens is 3. The van der Waals surface area contributed by atoms with Gasteiger partial charge < -0.3 is 10.1 Å². The Morgan fingerprint density at radius 3 is 2.65 bits per heavy atom. The number of hydrogen-bond donors (Lipinski definition) is 4. The van der Waals surface area contributed by atoms with Gasteiger partial charge in [0.2, 0.25) is 0 Å². The van der Waals surface area contributed by atoms with Crippen LogP contribution in [-0.2, 0) is 0 Å². The Bertz CT molecular complexity index is 1550. The highest BCUT2D eigenvalue weighted by Gasteiger charge is 2.16. The van der Waals surface area contributed by atoms with Gasteiger partial charge in [0.1, 0.15) is 17.3 Å². The molecular weight excluding hydrogens is 397 g/mol. The third-order valence-electron chi connectivity index (χ3n) is 5.24. The molecule has 0 aliphatic heterocycles. The van der Waals surface area contributed by atoms with Crippen LogP contribution in [0.25, 0.3) is 55.6 Å². The van der Waals surface area contributed by atoms with Crippen LogP contribution in [0, 0.1) is 5.82 Å². The van der Waals surface area contributed by atoms with E-state index < -0.39 is 5.82 Å². The first-order valence-electron chi connectivity index (χ1n) is 9.46. The zero-order chi connectivity index (χ0) is 20.9. The molecule has 4 N–H and O–H groups in total. The van der Waals surface area contributed by atoms with Gasteiger partial charge in [0.05, 0.1) is 41.0 Å². The second-order valence-electron chi connectivity index (χ2n) is 7.20. The van der Waals surface area contributed by atoms with Crippen molar-refractivity contribution >= 4 is 21.8 Å². The Labute approximate surface area is 173 Å². The molecule has 0 spiro atoms. The second kappa shape index (κ2) is 6.49. The quantitative estimate of drug-likeness (QED) is 0.344. The van der Waals surface area contributed by atoms with Gasteiger partial charge >= 0.3 is 0 Å². The number of hydrogen-bond acceptors (Lipinski definition) is 5. The fourth-order valence-electron chi connectivity index (χ4n) is 3.81. The summed E-state index contributed by atoms with van der Waals surface area (Å²) < 4.78 is 13.9. The lowest BCUT2D eigenvalue weighted by Crippen LogP contribution is -1.84. The molecule has 0 aliphatic carbocycles. The predicted octanol–water partition coefficient (Wildman–Crippen LogP) is 4.40. The van der Waals surface area contributed by atoms with Gasteiger partial charge in [0.15, 0.2) is 0 Å². The van der Waals surface area contributed by atoms with Gasteiger partial charge in [-0.2, -0.15) is 10.2 Å². The van der Waals surface area contributed by atoms with Crippen molar-refractivity contribution in [2.75, 3.05) is 0 Å². The monoisotopic (exact) mass is 411 g/mol. The third-order valence-corrected chi connectivity index (χ3v) is 5.24. The molecule has 5 aromatic heterocycles. The highest BCUT2D eigenvalue weighted by atomic mass is 19.1. The first-order chi connectivity index (χ1) is 15.2. The number of fused-ring (bicyclic) bond motifs is 2. The molecule has 0 fully saturated rings. The summed E-state index contributed by atoms with van der Waals surface area (Å²) in [6, 6.07) is 7.85. The maximum absolute atomic E-state index is 13.9. The van der Waals surface area contributed by atoms with E-state index in [0.717, 1.165) is 50.5 Å². The van der Waals surface area contributed by atoms with Gasteiger partial charge in [-0.1, -0.05) is 0 Å². The molecule has 0 atom stereocenters. The molecule has 9 heteroatoms. The lowest BCUT2D eigenvalue weighted by atomic mass is 10.0. The minimum Gasteiger partial charge on any atom is -0.508 e. The third kappa shape index (κ3) is 2.83. The molecule has 5 heterocycles. The number of benzene rings is 1. The van der Waals surface area contributed by atoms with Gasteiger partial charge in [-0.25, -0.2) is 4.39 Å². The summed E-state index contributed by atoms with van der Waals surface area (Å²) in [4.78, 5) is 12.1. The van der Waals surface area contributed by atoms with Crippen molar-refractivity contribution in [3.63, 3.8) is 0 Å². The van der Waals surface area contributed by atoms with Gasteiger partial charge in [-0.05, 0) is 29.8 Å². The standard InChI is InChI=1S/C22H14FN7O/c23-13-1-11(2-14(31)3-13)17-8-24-9-20-15(17)4-19(28-20)22-16-5-18(12-6-26-27-7-12)25-10-21(16)29-30-22/h1-10,28,31H,(H,26,27)(H,29,30). The molecular formula is C22H14FN7O. The van der Waals surface area contributed by atoms with Crippen molar-refractivity contribution in [1.82, 2.24) is 35.3 Å². The molecule has 0 amide bonds. The summed E-state index contributed by atoms with van der Waals surface area (Å²) in [6.07, 6.45) is 8.58. The van der Waals surface area contributed by atoms with Crippen LogP contribution in [0.1, 0.15) is 0 Å². The maximum Gasteiger partial charge on any atom is 0.127 e. The van der Waals surface area contributed by atoms with Gasteiger partial charge in [-0.15, -0.1) is 0 Å². The van der Waals surface area contributed by atoms with Crippen molar-refractivity contribution in [3.8, 4) is 39.5 Å². The number of halogens is 1. The van der Waals surface area contributed by atoms with Crippen molar-refractivity contribution in [1.29, 1.82) is 0 Å². The average Bonchev–Trinajstić information content (AvgIpc) is 3.50. The Morgan fingerprint density at radius 2 is 1.81 bits per heavy atom. The van der Waals surface area contributed by atoms with E-state index in [-0.39, 0.29) is 5.75 Å². The molecule has 0 unspecified atom stereocenters. The number of phenols is 1. The van der Waals surface area contributed by atoms with Crippen LogP contribution in [0.2, 0.25) is 0 Å². The normalized spacial score (nSPS) is 11.5. The molecule has 6 rings (SSSR count). The number of rotatable bonds is 3.